The summed E-state index contributed by atoms with van der Waals surface area (Å²) >= 11 is 0. The van der Waals surface area contributed by atoms with Gasteiger partial charge in [-0.1, -0.05) is 18.2 Å². The van der Waals surface area contributed by atoms with Crippen LogP contribution in [0.25, 0.3) is 6.08 Å². The molecule has 0 N–H and O–H groups in total. The van der Waals surface area contributed by atoms with E-state index in [0.29, 0.717) is 5.56 Å². The van der Waals surface area contributed by atoms with Crippen molar-refractivity contribution in [1.29, 1.82) is 0 Å². The number of halogens is 2. The normalized spacial score (nSPS) is 11.2. The van der Waals surface area contributed by atoms with Crippen LogP contribution in [-0.4, -0.2) is 25.6 Å². The zero-order chi connectivity index (χ0) is 19.1. The largest absolute Gasteiger partial charge is 0.493 e. The van der Waals surface area contributed by atoms with Gasteiger partial charge in [0.15, 0.2) is 17.3 Å². The van der Waals surface area contributed by atoms with Crippen molar-refractivity contribution in [2.75, 3.05) is 7.11 Å². The zero-order valence-electron chi connectivity index (χ0n) is 14.7. The molecule has 138 valence electrons. The molecule has 0 aliphatic carbocycles. The first-order valence-corrected chi connectivity index (χ1v) is 8.01. The van der Waals surface area contributed by atoms with Crippen LogP contribution in [0.3, 0.4) is 0 Å². The van der Waals surface area contributed by atoms with E-state index in [1.807, 2.05) is 38.1 Å². The average Bonchev–Trinajstić information content (AvgIpc) is 2.60. The number of hydrogen-bond donors (Lipinski definition) is 0. The van der Waals surface area contributed by atoms with Crippen molar-refractivity contribution in [2.45, 2.75) is 26.6 Å². The van der Waals surface area contributed by atoms with E-state index in [4.69, 9.17) is 9.47 Å². The number of rotatable bonds is 8. The Kier molecular flexibility index (Phi) is 6.72. The highest BCUT2D eigenvalue weighted by atomic mass is 19.3. The van der Waals surface area contributed by atoms with Crippen LogP contribution in [0.2, 0.25) is 0 Å². The molecule has 2 aromatic carbocycles. The van der Waals surface area contributed by atoms with Crippen molar-refractivity contribution < 1.29 is 27.8 Å². The van der Waals surface area contributed by atoms with Crippen LogP contribution in [0.5, 0.6) is 17.2 Å². The molecule has 4 nitrogen and oxygen atoms in total. The Balaban J connectivity index is 2.10. The standard InChI is InChI=1S/C20H20F2O4/c1-13(2)25-16-8-4-14(5-9-16)6-10-17(23)15-7-11-18(26-20(21)22)19(12-15)24-3/h4-13,20H,1-3H3/b10-6+. The van der Waals surface area contributed by atoms with Crippen LogP contribution in [0.15, 0.2) is 48.5 Å². The molecular formula is C20H20F2O4. The summed E-state index contributed by atoms with van der Waals surface area (Å²) in [6, 6.07) is 11.4. The van der Waals surface area contributed by atoms with Gasteiger partial charge in [-0.2, -0.15) is 8.78 Å². The summed E-state index contributed by atoms with van der Waals surface area (Å²) in [6.45, 7) is 0.921. The Labute approximate surface area is 151 Å². The van der Waals surface area contributed by atoms with Crippen molar-refractivity contribution in [3.05, 3.63) is 59.7 Å². The van der Waals surface area contributed by atoms with Gasteiger partial charge in [0, 0.05) is 5.56 Å². The summed E-state index contributed by atoms with van der Waals surface area (Å²) in [5.74, 6) is 0.417. The zero-order valence-corrected chi connectivity index (χ0v) is 14.7. The third-order valence-corrected chi connectivity index (χ3v) is 3.34. The summed E-state index contributed by atoms with van der Waals surface area (Å²) in [5, 5.41) is 0. The Morgan fingerprint density at radius 2 is 1.69 bits per heavy atom. The summed E-state index contributed by atoms with van der Waals surface area (Å²) in [4.78, 5) is 12.3. The van der Waals surface area contributed by atoms with E-state index in [0.717, 1.165) is 11.3 Å². The van der Waals surface area contributed by atoms with Crippen molar-refractivity contribution in [3.8, 4) is 17.2 Å². The van der Waals surface area contributed by atoms with E-state index < -0.39 is 6.61 Å². The number of hydrogen-bond acceptors (Lipinski definition) is 4. The van der Waals surface area contributed by atoms with E-state index in [1.54, 1.807) is 6.08 Å². The molecular weight excluding hydrogens is 342 g/mol. The maximum Gasteiger partial charge on any atom is 0.387 e. The molecule has 0 amide bonds. The highest BCUT2D eigenvalue weighted by molar-refractivity contribution is 6.07. The quantitative estimate of drug-likeness (QED) is 0.491. The van der Waals surface area contributed by atoms with Crippen LogP contribution in [-0.2, 0) is 0 Å². The lowest BCUT2D eigenvalue weighted by molar-refractivity contribution is -0.0512. The molecule has 6 heteroatoms. The lowest BCUT2D eigenvalue weighted by Crippen LogP contribution is -2.05. The minimum absolute atomic E-state index is 0.0692. The number of carbonyl (C=O) groups is 1. The van der Waals surface area contributed by atoms with Crippen LogP contribution in [0.4, 0.5) is 8.78 Å². The second kappa shape index (κ2) is 8.99. The Morgan fingerprint density at radius 1 is 1.00 bits per heavy atom. The molecule has 0 heterocycles. The van der Waals surface area contributed by atoms with Crippen LogP contribution in [0, 0.1) is 0 Å². The number of alkyl halides is 2. The molecule has 0 aliphatic heterocycles. The van der Waals surface area contributed by atoms with E-state index in [-0.39, 0.29) is 23.4 Å². The molecule has 2 aromatic rings. The Morgan fingerprint density at radius 3 is 2.27 bits per heavy atom. The number of carbonyl (C=O) groups excluding carboxylic acids is 1. The van der Waals surface area contributed by atoms with E-state index in [9.17, 15) is 13.6 Å². The molecule has 0 saturated carbocycles. The first-order chi connectivity index (χ1) is 12.4. The smallest absolute Gasteiger partial charge is 0.387 e. The maximum absolute atomic E-state index is 12.3. The molecule has 0 radical (unpaired) electrons. The highest BCUT2D eigenvalue weighted by Crippen LogP contribution is 2.29. The summed E-state index contributed by atoms with van der Waals surface area (Å²) in [5.41, 5.74) is 1.14. The molecule has 0 spiro atoms. The lowest BCUT2D eigenvalue weighted by atomic mass is 10.1. The van der Waals surface area contributed by atoms with Gasteiger partial charge in [0.25, 0.3) is 0 Å². The summed E-state index contributed by atoms with van der Waals surface area (Å²) in [7, 11) is 1.32. The predicted molar refractivity (Wildman–Crippen MR) is 95.2 cm³/mol. The molecule has 0 saturated heterocycles. The van der Waals surface area contributed by atoms with Crippen molar-refractivity contribution in [3.63, 3.8) is 0 Å². The third kappa shape index (κ3) is 5.58. The maximum atomic E-state index is 12.3. The highest BCUT2D eigenvalue weighted by Gasteiger charge is 2.13. The number of benzene rings is 2. The van der Waals surface area contributed by atoms with Gasteiger partial charge in [-0.25, -0.2) is 0 Å². The molecule has 0 aromatic heterocycles. The predicted octanol–water partition coefficient (Wildman–Crippen LogP) is 4.98. The second-order valence-electron chi connectivity index (χ2n) is 5.68. The average molecular weight is 362 g/mol. The number of ether oxygens (including phenoxy) is 3. The van der Waals surface area contributed by atoms with Crippen molar-refractivity contribution in [1.82, 2.24) is 0 Å². The molecule has 0 bridgehead atoms. The second-order valence-corrected chi connectivity index (χ2v) is 5.68. The van der Waals surface area contributed by atoms with Gasteiger partial charge >= 0.3 is 6.61 Å². The first kappa shape index (κ1) is 19.4. The van der Waals surface area contributed by atoms with Crippen LogP contribution in [0.1, 0.15) is 29.8 Å². The summed E-state index contributed by atoms with van der Waals surface area (Å²) in [6.07, 6.45) is 3.16. The monoisotopic (exact) mass is 362 g/mol. The van der Waals surface area contributed by atoms with E-state index in [1.165, 1.54) is 31.4 Å². The van der Waals surface area contributed by atoms with E-state index >= 15 is 0 Å². The SMILES string of the molecule is COc1cc(C(=O)/C=C/c2ccc(OC(C)C)cc2)ccc1OC(F)F. The Bertz CT molecular complexity index is 768. The van der Waals surface area contributed by atoms with Gasteiger partial charge in [0.05, 0.1) is 13.2 Å². The third-order valence-electron chi connectivity index (χ3n) is 3.34. The molecule has 0 unspecified atom stereocenters. The fourth-order valence-electron chi connectivity index (χ4n) is 2.21. The number of methoxy groups -OCH3 is 1. The lowest BCUT2D eigenvalue weighted by Gasteiger charge is -2.10. The van der Waals surface area contributed by atoms with Crippen molar-refractivity contribution >= 4 is 11.9 Å². The first-order valence-electron chi connectivity index (χ1n) is 8.01. The molecule has 0 fully saturated rings. The fourth-order valence-corrected chi connectivity index (χ4v) is 2.21. The molecule has 2 rings (SSSR count). The molecule has 0 atom stereocenters. The van der Waals surface area contributed by atoms with Gasteiger partial charge in [0.1, 0.15) is 5.75 Å². The van der Waals surface area contributed by atoms with Gasteiger partial charge in [-0.15, -0.1) is 0 Å². The van der Waals surface area contributed by atoms with Crippen LogP contribution >= 0.6 is 0 Å². The topological polar surface area (TPSA) is 44.8 Å². The van der Waals surface area contributed by atoms with E-state index in [2.05, 4.69) is 4.74 Å². The van der Waals surface area contributed by atoms with Crippen LogP contribution < -0.4 is 14.2 Å². The molecule has 26 heavy (non-hydrogen) atoms. The fraction of sp³-hybridized carbons (Fsp3) is 0.250. The van der Waals surface area contributed by atoms with Gasteiger partial charge in [-0.05, 0) is 55.8 Å². The summed E-state index contributed by atoms with van der Waals surface area (Å²) < 4.78 is 39.6. The number of ketones is 1. The minimum Gasteiger partial charge on any atom is -0.493 e. The van der Waals surface area contributed by atoms with Gasteiger partial charge < -0.3 is 14.2 Å². The van der Waals surface area contributed by atoms with Gasteiger partial charge in [-0.3, -0.25) is 4.79 Å². The van der Waals surface area contributed by atoms with Crippen molar-refractivity contribution in [2.24, 2.45) is 0 Å². The molecule has 0 aliphatic rings. The minimum atomic E-state index is -2.96. The number of allylic oxidation sites excluding steroid dienone is 1. The van der Waals surface area contributed by atoms with Gasteiger partial charge in [0.2, 0.25) is 0 Å². The Hall–Kier alpha value is -2.89.